The highest BCUT2D eigenvalue weighted by molar-refractivity contribution is 7.12. The monoisotopic (exact) mass is 494 g/mol. The molecule has 5 nitrogen and oxygen atoms in total. The molecular weight excluding hydrogens is 475 g/mol. The number of pyridine rings is 1. The van der Waals surface area contributed by atoms with Crippen molar-refractivity contribution in [3.8, 4) is 11.1 Å². The zero-order chi connectivity index (χ0) is 24.2. The highest BCUT2D eigenvalue weighted by atomic mass is 35.5. The van der Waals surface area contributed by atoms with Crippen LogP contribution in [0.3, 0.4) is 0 Å². The van der Waals surface area contributed by atoms with E-state index in [9.17, 15) is 15.1 Å². The molecule has 2 heterocycles. The molecule has 2 aromatic carbocycles. The minimum atomic E-state index is -0.971. The summed E-state index contributed by atoms with van der Waals surface area (Å²) in [5, 5.41) is 24.8. The second-order valence-electron chi connectivity index (χ2n) is 7.80. The summed E-state index contributed by atoms with van der Waals surface area (Å²) in [6.07, 6.45) is 1.97. The van der Waals surface area contributed by atoms with Gasteiger partial charge in [-0.15, -0.1) is 11.3 Å². The third-order valence-electron chi connectivity index (χ3n) is 5.47. The lowest BCUT2D eigenvalue weighted by Gasteiger charge is -2.21. The molecule has 2 aromatic heterocycles. The molecule has 0 aliphatic carbocycles. The van der Waals surface area contributed by atoms with Crippen molar-refractivity contribution in [2.75, 3.05) is 0 Å². The average molecular weight is 495 g/mol. The largest absolute Gasteiger partial charge is 0.477 e. The van der Waals surface area contributed by atoms with Crippen molar-refractivity contribution in [3.63, 3.8) is 0 Å². The Hall–Kier alpha value is -3.55. The number of nitrogens with zero attached hydrogens (tertiary/aromatic N) is 2. The summed E-state index contributed by atoms with van der Waals surface area (Å²) in [6.45, 7) is 1.87. The van der Waals surface area contributed by atoms with E-state index in [4.69, 9.17) is 11.6 Å². The molecule has 8 heteroatoms. The van der Waals surface area contributed by atoms with Crippen LogP contribution in [0.25, 0.3) is 11.1 Å². The van der Waals surface area contributed by atoms with E-state index in [1.54, 1.807) is 29.8 Å². The van der Waals surface area contributed by atoms with Gasteiger partial charge in [0.15, 0.2) is 0 Å². The van der Waals surface area contributed by atoms with Crippen LogP contribution in [0, 0.1) is 12.7 Å². The Labute approximate surface area is 204 Å². The molecule has 0 aliphatic rings. The van der Waals surface area contributed by atoms with Gasteiger partial charge in [-0.3, -0.25) is 4.98 Å². The maximum Gasteiger partial charge on any atom is 0.345 e. The van der Waals surface area contributed by atoms with E-state index in [0.29, 0.717) is 17.7 Å². The standard InChI is InChI=1S/C26H20ClFN2O3S/c1-15-10-16(8-9-29-15)11-23(30-33)25(21-7-6-20(27)13-22(21)28)18-4-2-17(3-5-18)19-12-24(26(31)32)34-14-19/h2-10,12-14,25,33H,11H2,1H3,(H,31,32). The Bertz CT molecular complexity index is 1370. The molecule has 0 fully saturated rings. The summed E-state index contributed by atoms with van der Waals surface area (Å²) in [4.78, 5) is 15.7. The number of aromatic carboxylic acids is 1. The number of aryl methyl sites for hydroxylation is 1. The first kappa shape index (κ1) is 23.6. The fourth-order valence-electron chi connectivity index (χ4n) is 3.87. The van der Waals surface area contributed by atoms with Crippen LogP contribution in [0.1, 0.15) is 38.0 Å². The number of benzene rings is 2. The van der Waals surface area contributed by atoms with Gasteiger partial charge >= 0.3 is 5.97 Å². The van der Waals surface area contributed by atoms with Crippen molar-refractivity contribution < 1.29 is 19.5 Å². The number of halogens is 2. The first-order valence-electron chi connectivity index (χ1n) is 10.3. The van der Waals surface area contributed by atoms with Gasteiger partial charge in [0.25, 0.3) is 0 Å². The third kappa shape index (κ3) is 5.16. The highest BCUT2D eigenvalue weighted by Crippen LogP contribution is 2.33. The second-order valence-corrected chi connectivity index (χ2v) is 9.15. The van der Waals surface area contributed by atoms with Crippen LogP contribution < -0.4 is 0 Å². The Morgan fingerprint density at radius 3 is 2.50 bits per heavy atom. The molecule has 172 valence electrons. The summed E-state index contributed by atoms with van der Waals surface area (Å²) in [5.41, 5.74) is 4.74. The normalized spacial score (nSPS) is 12.5. The first-order valence-corrected chi connectivity index (χ1v) is 11.6. The van der Waals surface area contributed by atoms with Gasteiger partial charge < -0.3 is 10.3 Å². The fourth-order valence-corrected chi connectivity index (χ4v) is 4.79. The predicted molar refractivity (Wildman–Crippen MR) is 132 cm³/mol. The van der Waals surface area contributed by atoms with Crippen LogP contribution in [0.5, 0.6) is 0 Å². The molecule has 0 radical (unpaired) electrons. The quantitative estimate of drug-likeness (QED) is 0.168. The van der Waals surface area contributed by atoms with Crippen molar-refractivity contribution in [1.29, 1.82) is 0 Å². The Kier molecular flexibility index (Phi) is 7.05. The summed E-state index contributed by atoms with van der Waals surface area (Å²) in [7, 11) is 0. The fraction of sp³-hybridized carbons (Fsp3) is 0.115. The molecule has 0 bridgehead atoms. The van der Waals surface area contributed by atoms with Crippen LogP contribution in [0.2, 0.25) is 5.02 Å². The van der Waals surface area contributed by atoms with Gasteiger partial charge in [0.2, 0.25) is 0 Å². The van der Waals surface area contributed by atoms with Gasteiger partial charge in [-0.05, 0) is 64.9 Å². The highest BCUT2D eigenvalue weighted by Gasteiger charge is 2.25. The molecule has 2 N–H and O–H groups in total. The molecule has 34 heavy (non-hydrogen) atoms. The zero-order valence-corrected chi connectivity index (χ0v) is 19.6. The van der Waals surface area contributed by atoms with E-state index >= 15 is 4.39 Å². The van der Waals surface area contributed by atoms with E-state index in [1.165, 1.54) is 6.07 Å². The molecular formula is C26H20ClFN2O3S. The molecule has 1 atom stereocenters. The number of carboxylic acids is 1. The predicted octanol–water partition coefficient (Wildman–Crippen LogP) is 6.81. The van der Waals surface area contributed by atoms with E-state index in [2.05, 4.69) is 10.1 Å². The molecule has 4 aromatic rings. The summed E-state index contributed by atoms with van der Waals surface area (Å²) in [5.74, 6) is -2.14. The lowest BCUT2D eigenvalue weighted by molar-refractivity contribution is 0.0702. The molecule has 0 saturated heterocycles. The minimum Gasteiger partial charge on any atom is -0.477 e. The summed E-state index contributed by atoms with van der Waals surface area (Å²) >= 11 is 7.13. The number of hydrogen-bond acceptors (Lipinski definition) is 5. The van der Waals surface area contributed by atoms with E-state index in [0.717, 1.165) is 39.3 Å². The van der Waals surface area contributed by atoms with Gasteiger partial charge in [-0.2, -0.15) is 0 Å². The van der Waals surface area contributed by atoms with Gasteiger partial charge in [-0.1, -0.05) is 47.1 Å². The number of oxime groups is 1. The van der Waals surface area contributed by atoms with Crippen LogP contribution in [0.4, 0.5) is 4.39 Å². The van der Waals surface area contributed by atoms with Gasteiger partial charge in [0, 0.05) is 28.9 Å². The molecule has 1 unspecified atom stereocenters. The lowest BCUT2D eigenvalue weighted by Crippen LogP contribution is -2.18. The maximum absolute atomic E-state index is 15.0. The van der Waals surface area contributed by atoms with E-state index < -0.39 is 17.7 Å². The number of hydrogen-bond donors (Lipinski definition) is 2. The maximum atomic E-state index is 15.0. The molecule has 0 saturated carbocycles. The molecule has 0 amide bonds. The van der Waals surface area contributed by atoms with Crippen molar-refractivity contribution in [2.45, 2.75) is 19.3 Å². The first-order chi connectivity index (χ1) is 16.4. The van der Waals surface area contributed by atoms with E-state index in [1.807, 2.05) is 43.3 Å². The Morgan fingerprint density at radius 1 is 1.12 bits per heavy atom. The second kappa shape index (κ2) is 10.2. The SMILES string of the molecule is Cc1cc(CC(=NO)C(c2ccc(-c3csc(C(=O)O)c3)cc2)c2ccc(Cl)cc2F)ccn1. The van der Waals surface area contributed by atoms with Gasteiger partial charge in [-0.25, -0.2) is 9.18 Å². The number of carbonyl (C=O) groups is 1. The van der Waals surface area contributed by atoms with Gasteiger partial charge in [0.05, 0.1) is 11.6 Å². The van der Waals surface area contributed by atoms with Crippen LogP contribution in [-0.4, -0.2) is 27.0 Å². The number of aromatic nitrogens is 1. The van der Waals surface area contributed by atoms with Crippen molar-refractivity contribution in [3.05, 3.63) is 110 Å². The Morgan fingerprint density at radius 2 is 1.88 bits per heavy atom. The van der Waals surface area contributed by atoms with Crippen LogP contribution in [-0.2, 0) is 6.42 Å². The third-order valence-corrected chi connectivity index (χ3v) is 6.62. The average Bonchev–Trinajstić information content (AvgIpc) is 3.31. The smallest absolute Gasteiger partial charge is 0.345 e. The summed E-state index contributed by atoms with van der Waals surface area (Å²) < 4.78 is 15.0. The number of rotatable bonds is 7. The zero-order valence-electron chi connectivity index (χ0n) is 18.1. The van der Waals surface area contributed by atoms with Crippen LogP contribution in [0.15, 0.2) is 77.4 Å². The number of thiophene rings is 1. The number of carboxylic acid groups (broad SMARTS) is 1. The molecule has 0 spiro atoms. The van der Waals surface area contributed by atoms with Crippen LogP contribution >= 0.6 is 22.9 Å². The summed E-state index contributed by atoms with van der Waals surface area (Å²) in [6, 6.07) is 17.1. The lowest BCUT2D eigenvalue weighted by atomic mass is 9.84. The van der Waals surface area contributed by atoms with E-state index in [-0.39, 0.29) is 9.90 Å². The van der Waals surface area contributed by atoms with Crippen molar-refractivity contribution >= 4 is 34.6 Å². The van der Waals surface area contributed by atoms with Crippen molar-refractivity contribution in [1.82, 2.24) is 4.98 Å². The van der Waals surface area contributed by atoms with Crippen molar-refractivity contribution in [2.24, 2.45) is 5.16 Å². The molecule has 0 aliphatic heterocycles. The topological polar surface area (TPSA) is 82.8 Å². The minimum absolute atomic E-state index is 0.252. The van der Waals surface area contributed by atoms with Gasteiger partial charge in [0.1, 0.15) is 10.7 Å². The molecule has 4 rings (SSSR count). The Balaban J connectivity index is 1.75.